The van der Waals surface area contributed by atoms with Crippen LogP contribution in [0.4, 0.5) is 5.69 Å². The third kappa shape index (κ3) is 3.21. The van der Waals surface area contributed by atoms with Crippen LogP contribution in [0, 0.1) is 0 Å². The Bertz CT molecular complexity index is 571. The van der Waals surface area contributed by atoms with E-state index in [0.29, 0.717) is 24.1 Å². The number of nitrogens with zero attached hydrogens (tertiary/aromatic N) is 1. The molecule has 2 rings (SSSR count). The number of rotatable bonds is 5. The molecule has 112 valence electrons. The van der Waals surface area contributed by atoms with Gasteiger partial charge in [-0.3, -0.25) is 14.4 Å². The molecule has 0 bridgehead atoms. The number of carboxylic acid groups (broad SMARTS) is 1. The van der Waals surface area contributed by atoms with Gasteiger partial charge in [0.25, 0.3) is 0 Å². The minimum Gasteiger partial charge on any atom is -0.481 e. The molecule has 1 aromatic carbocycles. The van der Waals surface area contributed by atoms with Crippen LogP contribution < -0.4 is 10.2 Å². The number of amides is 2. The minimum atomic E-state index is -0.951. The topological polar surface area (TPSA) is 86.7 Å². The second kappa shape index (κ2) is 6.39. The maximum Gasteiger partial charge on any atom is 0.312 e. The number of nitrogens with one attached hydrogen (secondary N) is 1. The van der Waals surface area contributed by atoms with Gasteiger partial charge in [0.05, 0.1) is 6.54 Å². The molecule has 0 aliphatic carbocycles. The van der Waals surface area contributed by atoms with E-state index in [2.05, 4.69) is 5.32 Å². The lowest BCUT2D eigenvalue weighted by Gasteiger charge is -2.17. The van der Waals surface area contributed by atoms with Crippen molar-refractivity contribution in [3.63, 3.8) is 0 Å². The van der Waals surface area contributed by atoms with Gasteiger partial charge in [0, 0.05) is 18.7 Å². The van der Waals surface area contributed by atoms with Crippen molar-refractivity contribution < 1.29 is 19.5 Å². The molecule has 0 aromatic heterocycles. The average Bonchev–Trinajstić information content (AvgIpc) is 2.85. The zero-order valence-corrected chi connectivity index (χ0v) is 11.8. The number of anilines is 1. The number of carbonyl (C=O) groups is 3. The predicted octanol–water partition coefficient (Wildman–Crippen LogP) is 1.12. The molecule has 0 spiro atoms. The summed E-state index contributed by atoms with van der Waals surface area (Å²) in [7, 11) is 0. The fourth-order valence-corrected chi connectivity index (χ4v) is 2.44. The zero-order valence-electron chi connectivity index (χ0n) is 11.8. The molecule has 0 radical (unpaired) electrons. The first-order valence-electron chi connectivity index (χ1n) is 6.93. The van der Waals surface area contributed by atoms with Gasteiger partial charge in [0.1, 0.15) is 5.92 Å². The Labute approximate surface area is 122 Å². The molecule has 1 heterocycles. The molecule has 0 saturated carbocycles. The number of aliphatic carboxylic acids is 1. The molecule has 6 heteroatoms. The monoisotopic (exact) mass is 290 g/mol. The number of hydrogen-bond acceptors (Lipinski definition) is 3. The molecule has 0 saturated heterocycles. The standard InChI is InChI=1S/C15H18N2O4/c1-2-5-13(18)16-8-14(19)17-9-11(15(20)21)10-6-3-4-7-12(10)17/h3-4,6-7,11H,2,5,8-9H2,1H3,(H,16,18)(H,20,21). The van der Waals surface area contributed by atoms with Gasteiger partial charge in [0.15, 0.2) is 0 Å². The van der Waals surface area contributed by atoms with Crippen LogP contribution in [0.15, 0.2) is 24.3 Å². The van der Waals surface area contributed by atoms with Crippen molar-refractivity contribution in [2.45, 2.75) is 25.7 Å². The quantitative estimate of drug-likeness (QED) is 0.850. The van der Waals surface area contributed by atoms with Crippen LogP contribution in [0.5, 0.6) is 0 Å². The molecule has 2 amide bonds. The molecular weight excluding hydrogens is 272 g/mol. The smallest absolute Gasteiger partial charge is 0.312 e. The molecule has 1 aliphatic rings. The highest BCUT2D eigenvalue weighted by atomic mass is 16.4. The van der Waals surface area contributed by atoms with Gasteiger partial charge in [-0.05, 0) is 18.1 Å². The van der Waals surface area contributed by atoms with Crippen molar-refractivity contribution in [2.75, 3.05) is 18.0 Å². The maximum atomic E-state index is 12.2. The molecule has 1 aliphatic heterocycles. The first-order valence-corrected chi connectivity index (χ1v) is 6.93. The highest BCUT2D eigenvalue weighted by Gasteiger charge is 2.36. The van der Waals surface area contributed by atoms with E-state index in [0.717, 1.165) is 0 Å². The molecule has 1 atom stereocenters. The minimum absolute atomic E-state index is 0.108. The van der Waals surface area contributed by atoms with Crippen LogP contribution in [0.25, 0.3) is 0 Å². The van der Waals surface area contributed by atoms with E-state index < -0.39 is 11.9 Å². The number of fused-ring (bicyclic) bond motifs is 1. The van der Waals surface area contributed by atoms with Crippen LogP contribution >= 0.6 is 0 Å². The van der Waals surface area contributed by atoms with Gasteiger partial charge < -0.3 is 15.3 Å². The van der Waals surface area contributed by atoms with E-state index in [9.17, 15) is 19.5 Å². The van der Waals surface area contributed by atoms with Crippen LogP contribution in [-0.2, 0) is 14.4 Å². The van der Waals surface area contributed by atoms with Crippen molar-refractivity contribution in [3.8, 4) is 0 Å². The van der Waals surface area contributed by atoms with Crippen molar-refractivity contribution >= 4 is 23.5 Å². The predicted molar refractivity (Wildman–Crippen MR) is 77.1 cm³/mol. The molecular formula is C15H18N2O4. The SMILES string of the molecule is CCCC(=O)NCC(=O)N1CC(C(=O)O)c2ccccc21. The van der Waals surface area contributed by atoms with E-state index in [1.54, 1.807) is 24.3 Å². The first kappa shape index (κ1) is 15.0. The van der Waals surface area contributed by atoms with Gasteiger partial charge in [-0.2, -0.15) is 0 Å². The third-order valence-electron chi connectivity index (χ3n) is 3.48. The van der Waals surface area contributed by atoms with E-state index in [1.165, 1.54) is 4.90 Å². The van der Waals surface area contributed by atoms with Crippen LogP contribution in [0.3, 0.4) is 0 Å². The summed E-state index contributed by atoms with van der Waals surface area (Å²) in [5, 5.41) is 11.8. The summed E-state index contributed by atoms with van der Waals surface area (Å²) < 4.78 is 0. The molecule has 21 heavy (non-hydrogen) atoms. The van der Waals surface area contributed by atoms with E-state index in [-0.39, 0.29) is 24.9 Å². The fourth-order valence-electron chi connectivity index (χ4n) is 2.44. The van der Waals surface area contributed by atoms with E-state index in [4.69, 9.17) is 0 Å². The van der Waals surface area contributed by atoms with Gasteiger partial charge >= 0.3 is 5.97 Å². The third-order valence-corrected chi connectivity index (χ3v) is 3.48. The molecule has 0 fully saturated rings. The van der Waals surface area contributed by atoms with Crippen molar-refractivity contribution in [1.29, 1.82) is 0 Å². The Morgan fingerprint density at radius 1 is 1.33 bits per heavy atom. The summed E-state index contributed by atoms with van der Waals surface area (Å²) >= 11 is 0. The Morgan fingerprint density at radius 2 is 2.05 bits per heavy atom. The summed E-state index contributed by atoms with van der Waals surface area (Å²) in [5.74, 6) is -2.13. The van der Waals surface area contributed by atoms with Crippen molar-refractivity contribution in [3.05, 3.63) is 29.8 Å². The maximum absolute atomic E-state index is 12.2. The largest absolute Gasteiger partial charge is 0.481 e. The van der Waals surface area contributed by atoms with Gasteiger partial charge in [-0.1, -0.05) is 25.1 Å². The highest BCUT2D eigenvalue weighted by molar-refractivity contribution is 6.01. The second-order valence-corrected chi connectivity index (χ2v) is 4.98. The van der Waals surface area contributed by atoms with Crippen LogP contribution in [-0.4, -0.2) is 36.0 Å². The number of hydrogen-bond donors (Lipinski definition) is 2. The highest BCUT2D eigenvalue weighted by Crippen LogP contribution is 2.36. The Morgan fingerprint density at radius 3 is 2.71 bits per heavy atom. The van der Waals surface area contributed by atoms with Crippen LogP contribution in [0.2, 0.25) is 0 Å². The van der Waals surface area contributed by atoms with Crippen molar-refractivity contribution in [1.82, 2.24) is 5.32 Å². The lowest BCUT2D eigenvalue weighted by atomic mass is 10.0. The Balaban J connectivity index is 2.09. The van der Waals surface area contributed by atoms with Gasteiger partial charge in [-0.15, -0.1) is 0 Å². The number of carboxylic acids is 1. The summed E-state index contributed by atoms with van der Waals surface area (Å²) in [6.45, 7) is 1.88. The number of benzene rings is 1. The molecule has 1 aromatic rings. The Kier molecular flexibility index (Phi) is 4.57. The summed E-state index contributed by atoms with van der Waals surface area (Å²) in [6, 6.07) is 6.96. The van der Waals surface area contributed by atoms with Crippen molar-refractivity contribution in [2.24, 2.45) is 0 Å². The normalized spacial score (nSPS) is 16.4. The van der Waals surface area contributed by atoms with E-state index in [1.807, 2.05) is 6.92 Å². The molecule has 6 nitrogen and oxygen atoms in total. The first-order chi connectivity index (χ1) is 10.0. The lowest BCUT2D eigenvalue weighted by molar-refractivity contribution is -0.138. The number of carbonyl (C=O) groups excluding carboxylic acids is 2. The average molecular weight is 290 g/mol. The van der Waals surface area contributed by atoms with E-state index >= 15 is 0 Å². The molecule has 2 N–H and O–H groups in total. The number of para-hydroxylation sites is 1. The lowest BCUT2D eigenvalue weighted by Crippen LogP contribution is -2.40. The summed E-state index contributed by atoms with van der Waals surface area (Å²) in [4.78, 5) is 36.3. The summed E-state index contributed by atoms with van der Waals surface area (Å²) in [6.07, 6.45) is 1.09. The van der Waals surface area contributed by atoms with Gasteiger partial charge in [-0.25, -0.2) is 0 Å². The van der Waals surface area contributed by atoms with Crippen LogP contribution in [0.1, 0.15) is 31.2 Å². The second-order valence-electron chi connectivity index (χ2n) is 4.98. The molecule has 1 unspecified atom stereocenters. The Hall–Kier alpha value is -2.37. The fraction of sp³-hybridized carbons (Fsp3) is 0.400. The zero-order chi connectivity index (χ0) is 15.4. The van der Waals surface area contributed by atoms with Gasteiger partial charge in [0.2, 0.25) is 11.8 Å². The summed E-state index contributed by atoms with van der Waals surface area (Å²) in [5.41, 5.74) is 1.25.